The molecule has 7 heteroatoms. The minimum atomic E-state index is -0.344. The highest BCUT2D eigenvalue weighted by molar-refractivity contribution is 6.35. The van der Waals surface area contributed by atoms with Crippen LogP contribution < -0.4 is 4.74 Å². The molecule has 0 unspecified atom stereocenters. The Hall–Kier alpha value is -1.85. The topological polar surface area (TPSA) is 63.7 Å². The summed E-state index contributed by atoms with van der Waals surface area (Å²) in [6, 6.07) is 1.94. The van der Waals surface area contributed by atoms with Gasteiger partial charge in [0.1, 0.15) is 11.6 Å². The fraction of sp³-hybridized carbons (Fsp3) is 0.214. The maximum absolute atomic E-state index is 6.15. The van der Waals surface area contributed by atoms with Crippen LogP contribution in [0.25, 0.3) is 11.0 Å². The number of hydrogen-bond donors (Lipinski definition) is 1. The van der Waals surface area contributed by atoms with Crippen LogP contribution in [-0.4, -0.2) is 20.2 Å². The van der Waals surface area contributed by atoms with Gasteiger partial charge in [0.2, 0.25) is 5.88 Å². The van der Waals surface area contributed by atoms with Crippen LogP contribution in [0.3, 0.4) is 0 Å². The standard InChI is InChI=1S/C14H12Cl2N4O/c1-7-3-11-12(6-18-20-11)19-14(7)21-8(2)13-9(15)4-17-5-10(13)16/h3-6,8H,1-2H3,(H,18,20)/t8-/m1/s1. The van der Waals surface area contributed by atoms with Gasteiger partial charge in [-0.2, -0.15) is 5.10 Å². The summed E-state index contributed by atoms with van der Waals surface area (Å²) in [7, 11) is 0. The van der Waals surface area contributed by atoms with Gasteiger partial charge in [0.05, 0.1) is 21.8 Å². The Morgan fingerprint density at radius 3 is 2.62 bits per heavy atom. The van der Waals surface area contributed by atoms with Gasteiger partial charge in [-0.3, -0.25) is 10.1 Å². The monoisotopic (exact) mass is 322 g/mol. The summed E-state index contributed by atoms with van der Waals surface area (Å²) in [5, 5.41) is 7.77. The zero-order valence-electron chi connectivity index (χ0n) is 11.4. The first-order chi connectivity index (χ1) is 10.1. The molecule has 108 valence electrons. The van der Waals surface area contributed by atoms with Crippen molar-refractivity contribution in [3.63, 3.8) is 0 Å². The van der Waals surface area contributed by atoms with E-state index in [1.54, 1.807) is 18.6 Å². The van der Waals surface area contributed by atoms with E-state index >= 15 is 0 Å². The van der Waals surface area contributed by atoms with Crippen molar-refractivity contribution in [1.29, 1.82) is 0 Å². The van der Waals surface area contributed by atoms with E-state index in [-0.39, 0.29) is 6.10 Å². The first-order valence-corrected chi connectivity index (χ1v) is 7.08. The number of rotatable bonds is 3. The normalized spacial score (nSPS) is 12.6. The molecule has 21 heavy (non-hydrogen) atoms. The first-order valence-electron chi connectivity index (χ1n) is 6.32. The SMILES string of the molecule is Cc1cc2[nH]ncc2nc1O[C@H](C)c1c(Cl)cncc1Cl. The van der Waals surface area contributed by atoms with Gasteiger partial charge in [-0.1, -0.05) is 23.2 Å². The van der Waals surface area contributed by atoms with E-state index in [2.05, 4.69) is 20.2 Å². The van der Waals surface area contributed by atoms with Gasteiger partial charge in [-0.15, -0.1) is 0 Å². The molecule has 0 aliphatic heterocycles. The summed E-state index contributed by atoms with van der Waals surface area (Å²) in [6.07, 6.45) is 4.40. The Morgan fingerprint density at radius 2 is 1.90 bits per heavy atom. The minimum Gasteiger partial charge on any atom is -0.469 e. The zero-order chi connectivity index (χ0) is 15.0. The van der Waals surface area contributed by atoms with E-state index < -0.39 is 0 Å². The molecule has 5 nitrogen and oxygen atoms in total. The van der Waals surface area contributed by atoms with Crippen LogP contribution in [0.2, 0.25) is 10.0 Å². The number of aryl methyl sites for hydroxylation is 1. The smallest absolute Gasteiger partial charge is 0.217 e. The zero-order valence-corrected chi connectivity index (χ0v) is 12.9. The van der Waals surface area contributed by atoms with Crippen LogP contribution in [0.4, 0.5) is 0 Å². The van der Waals surface area contributed by atoms with Crippen LogP contribution in [-0.2, 0) is 0 Å². The van der Waals surface area contributed by atoms with Crippen molar-refractivity contribution in [2.75, 3.05) is 0 Å². The van der Waals surface area contributed by atoms with Gasteiger partial charge in [-0.25, -0.2) is 4.98 Å². The quantitative estimate of drug-likeness (QED) is 0.788. The summed E-state index contributed by atoms with van der Waals surface area (Å²) in [5.74, 6) is 0.528. The number of aromatic nitrogens is 4. The summed E-state index contributed by atoms with van der Waals surface area (Å²) in [4.78, 5) is 8.38. The van der Waals surface area contributed by atoms with E-state index in [0.717, 1.165) is 16.6 Å². The lowest BCUT2D eigenvalue weighted by Gasteiger charge is -2.17. The van der Waals surface area contributed by atoms with Crippen LogP contribution in [0.1, 0.15) is 24.2 Å². The lowest BCUT2D eigenvalue weighted by Crippen LogP contribution is -2.07. The molecule has 0 aliphatic carbocycles. The highest BCUT2D eigenvalue weighted by Crippen LogP contribution is 2.33. The Balaban J connectivity index is 1.96. The second-order valence-electron chi connectivity index (χ2n) is 4.69. The molecule has 0 radical (unpaired) electrons. The van der Waals surface area contributed by atoms with Crippen LogP contribution >= 0.6 is 23.2 Å². The van der Waals surface area contributed by atoms with Gasteiger partial charge in [-0.05, 0) is 19.9 Å². The number of ether oxygens (including phenoxy) is 1. The molecular weight excluding hydrogens is 311 g/mol. The summed E-state index contributed by atoms with van der Waals surface area (Å²) in [5.41, 5.74) is 3.21. The van der Waals surface area contributed by atoms with Crippen LogP contribution in [0, 0.1) is 6.92 Å². The maximum Gasteiger partial charge on any atom is 0.217 e. The number of fused-ring (bicyclic) bond motifs is 1. The number of halogens is 2. The second-order valence-corrected chi connectivity index (χ2v) is 5.50. The predicted octanol–water partition coefficient (Wildman–Crippen LogP) is 4.11. The average Bonchev–Trinajstić information content (AvgIpc) is 2.86. The molecule has 3 heterocycles. The number of pyridine rings is 2. The predicted molar refractivity (Wildman–Crippen MR) is 81.9 cm³/mol. The highest BCUT2D eigenvalue weighted by Gasteiger charge is 2.17. The largest absolute Gasteiger partial charge is 0.469 e. The van der Waals surface area contributed by atoms with Crippen molar-refractivity contribution in [1.82, 2.24) is 20.2 Å². The number of nitrogens with zero attached hydrogens (tertiary/aromatic N) is 3. The van der Waals surface area contributed by atoms with Gasteiger partial charge in [0.15, 0.2) is 0 Å². The third-order valence-electron chi connectivity index (χ3n) is 3.15. The lowest BCUT2D eigenvalue weighted by molar-refractivity contribution is 0.216. The van der Waals surface area contributed by atoms with Crippen LogP contribution in [0.15, 0.2) is 24.7 Å². The molecule has 0 bridgehead atoms. The number of aromatic amines is 1. The molecule has 0 spiro atoms. The van der Waals surface area contributed by atoms with E-state index in [1.807, 2.05) is 19.9 Å². The van der Waals surface area contributed by atoms with Gasteiger partial charge in [0, 0.05) is 23.5 Å². The Bertz CT molecular complexity index is 783. The van der Waals surface area contributed by atoms with Crippen LogP contribution in [0.5, 0.6) is 5.88 Å². The fourth-order valence-electron chi connectivity index (χ4n) is 2.12. The van der Waals surface area contributed by atoms with E-state index in [1.165, 1.54) is 0 Å². The number of H-pyrrole nitrogens is 1. The molecule has 0 amide bonds. The Morgan fingerprint density at radius 1 is 1.19 bits per heavy atom. The molecule has 0 aromatic carbocycles. The van der Waals surface area contributed by atoms with Gasteiger partial charge >= 0.3 is 0 Å². The molecule has 3 aromatic rings. The molecule has 3 aromatic heterocycles. The molecular formula is C14H12Cl2N4O. The Labute approximate surface area is 131 Å². The number of nitrogens with one attached hydrogen (secondary N) is 1. The van der Waals surface area contributed by atoms with E-state index in [0.29, 0.717) is 21.5 Å². The highest BCUT2D eigenvalue weighted by atomic mass is 35.5. The third-order valence-corrected chi connectivity index (χ3v) is 3.76. The van der Waals surface area contributed by atoms with E-state index in [4.69, 9.17) is 27.9 Å². The van der Waals surface area contributed by atoms with Crippen molar-refractivity contribution in [3.05, 3.63) is 45.8 Å². The number of hydrogen-bond acceptors (Lipinski definition) is 4. The van der Waals surface area contributed by atoms with Gasteiger partial charge in [0.25, 0.3) is 0 Å². The lowest BCUT2D eigenvalue weighted by atomic mass is 10.1. The molecule has 0 aliphatic rings. The summed E-state index contributed by atoms with van der Waals surface area (Å²) >= 11 is 12.3. The summed E-state index contributed by atoms with van der Waals surface area (Å²) < 4.78 is 5.92. The minimum absolute atomic E-state index is 0.344. The maximum atomic E-state index is 6.15. The Kier molecular flexibility index (Phi) is 3.69. The average molecular weight is 323 g/mol. The van der Waals surface area contributed by atoms with E-state index in [9.17, 15) is 0 Å². The fourth-order valence-corrected chi connectivity index (χ4v) is 2.79. The van der Waals surface area contributed by atoms with Crippen molar-refractivity contribution in [3.8, 4) is 5.88 Å². The molecule has 1 N–H and O–H groups in total. The summed E-state index contributed by atoms with van der Waals surface area (Å²) in [6.45, 7) is 3.79. The van der Waals surface area contributed by atoms with Gasteiger partial charge < -0.3 is 4.74 Å². The molecule has 0 saturated carbocycles. The molecule has 1 atom stereocenters. The van der Waals surface area contributed by atoms with Crippen molar-refractivity contribution < 1.29 is 4.74 Å². The molecule has 0 saturated heterocycles. The van der Waals surface area contributed by atoms with Crippen molar-refractivity contribution in [2.45, 2.75) is 20.0 Å². The molecule has 0 fully saturated rings. The van der Waals surface area contributed by atoms with Crippen molar-refractivity contribution in [2.24, 2.45) is 0 Å². The second kappa shape index (κ2) is 5.50. The molecule has 3 rings (SSSR count). The van der Waals surface area contributed by atoms with Crippen molar-refractivity contribution >= 4 is 34.2 Å². The third kappa shape index (κ3) is 2.66. The first kappa shape index (κ1) is 14.1.